The minimum absolute atomic E-state index is 0.191. The van der Waals surface area contributed by atoms with Gasteiger partial charge in [0.15, 0.2) is 5.96 Å². The topological polar surface area (TPSA) is 77.5 Å². The van der Waals surface area contributed by atoms with Crippen molar-refractivity contribution in [3.8, 4) is 11.4 Å². The van der Waals surface area contributed by atoms with Crippen molar-refractivity contribution in [3.05, 3.63) is 72.1 Å². The third-order valence-corrected chi connectivity index (χ3v) is 4.27. The van der Waals surface area contributed by atoms with Gasteiger partial charge in [-0.1, -0.05) is 18.2 Å². The molecular formula is C21H22F3N5O. The summed E-state index contributed by atoms with van der Waals surface area (Å²) in [6.07, 6.45) is -1.12. The maximum absolute atomic E-state index is 12.2. The lowest BCUT2D eigenvalue weighted by Gasteiger charge is -2.10. The lowest BCUT2D eigenvalue weighted by molar-refractivity contribution is -0.274. The van der Waals surface area contributed by atoms with Gasteiger partial charge in [0.2, 0.25) is 0 Å². The highest BCUT2D eigenvalue weighted by Gasteiger charge is 2.30. The zero-order chi connectivity index (χ0) is 21.6. The molecule has 0 spiro atoms. The summed E-state index contributed by atoms with van der Waals surface area (Å²) in [4.78, 5) is 4.26. The van der Waals surface area contributed by atoms with Crippen LogP contribution in [-0.2, 0) is 6.42 Å². The smallest absolute Gasteiger partial charge is 0.406 e. The third-order valence-electron chi connectivity index (χ3n) is 4.27. The van der Waals surface area contributed by atoms with Crippen molar-refractivity contribution in [2.45, 2.75) is 26.1 Å². The number of aliphatic imine (C=N–C) groups is 1. The largest absolute Gasteiger partial charge is 0.573 e. The SMILES string of the molecule is Cc1nn(-c2ccccc2)cc1CCCN=C(N)Nc1ccc(OC(F)(F)F)cc1. The Bertz CT molecular complexity index is 982. The standard InChI is InChI=1S/C21H22F3N5O/c1-15-16(14-29(28-15)18-7-3-2-4-8-18)6-5-13-26-20(25)27-17-9-11-19(12-10-17)30-21(22,23)24/h2-4,7-12,14H,5-6,13H2,1H3,(H3,25,26,27). The number of hydrogen-bond donors (Lipinski definition) is 2. The molecule has 9 heteroatoms. The van der Waals surface area contributed by atoms with Crippen LogP contribution in [0.15, 0.2) is 65.8 Å². The molecule has 2 aromatic carbocycles. The van der Waals surface area contributed by atoms with Crippen molar-refractivity contribution in [1.82, 2.24) is 9.78 Å². The molecule has 6 nitrogen and oxygen atoms in total. The lowest BCUT2D eigenvalue weighted by atomic mass is 10.1. The Hall–Kier alpha value is -3.49. The fourth-order valence-corrected chi connectivity index (χ4v) is 2.85. The summed E-state index contributed by atoms with van der Waals surface area (Å²) < 4.78 is 42.2. The monoisotopic (exact) mass is 417 g/mol. The van der Waals surface area contributed by atoms with Crippen molar-refractivity contribution in [2.24, 2.45) is 10.7 Å². The molecule has 0 fully saturated rings. The summed E-state index contributed by atoms with van der Waals surface area (Å²) in [7, 11) is 0. The van der Waals surface area contributed by atoms with Gasteiger partial charge < -0.3 is 15.8 Å². The number of nitrogens with two attached hydrogens (primary N) is 1. The molecule has 0 aliphatic carbocycles. The fraction of sp³-hybridized carbons (Fsp3) is 0.238. The van der Waals surface area contributed by atoms with Crippen LogP contribution in [-0.4, -0.2) is 28.6 Å². The van der Waals surface area contributed by atoms with E-state index in [2.05, 4.69) is 20.1 Å². The molecule has 1 aromatic heterocycles. The molecule has 0 amide bonds. The summed E-state index contributed by atoms with van der Waals surface area (Å²) in [5, 5.41) is 7.39. The van der Waals surface area contributed by atoms with Crippen LogP contribution >= 0.6 is 0 Å². The summed E-state index contributed by atoms with van der Waals surface area (Å²) in [5.41, 5.74) is 9.48. The average Bonchev–Trinajstić information content (AvgIpc) is 3.07. The number of hydrogen-bond acceptors (Lipinski definition) is 3. The van der Waals surface area contributed by atoms with E-state index in [1.54, 1.807) is 0 Å². The second kappa shape index (κ2) is 9.34. The van der Waals surface area contributed by atoms with Crippen molar-refractivity contribution in [1.29, 1.82) is 0 Å². The van der Waals surface area contributed by atoms with E-state index in [9.17, 15) is 13.2 Å². The third kappa shape index (κ3) is 6.26. The molecular weight excluding hydrogens is 395 g/mol. The number of nitrogens with one attached hydrogen (secondary N) is 1. The molecule has 3 aromatic rings. The van der Waals surface area contributed by atoms with E-state index in [4.69, 9.17) is 5.73 Å². The van der Waals surface area contributed by atoms with E-state index in [1.165, 1.54) is 24.3 Å². The van der Waals surface area contributed by atoms with Crippen LogP contribution < -0.4 is 15.8 Å². The van der Waals surface area contributed by atoms with Crippen LogP contribution in [0.4, 0.5) is 18.9 Å². The highest BCUT2D eigenvalue weighted by atomic mass is 19.4. The summed E-state index contributed by atoms with van der Waals surface area (Å²) >= 11 is 0. The van der Waals surface area contributed by atoms with Gasteiger partial charge in [-0.15, -0.1) is 13.2 Å². The van der Waals surface area contributed by atoms with Crippen molar-refractivity contribution in [2.75, 3.05) is 11.9 Å². The number of nitrogens with zero attached hydrogens (tertiary/aromatic N) is 3. The van der Waals surface area contributed by atoms with Gasteiger partial charge in [0.1, 0.15) is 5.75 Å². The van der Waals surface area contributed by atoms with Crippen LogP contribution in [0, 0.1) is 6.92 Å². The number of halogens is 3. The van der Waals surface area contributed by atoms with Crippen molar-refractivity contribution < 1.29 is 17.9 Å². The van der Waals surface area contributed by atoms with Crippen LogP contribution in [0.25, 0.3) is 5.69 Å². The van der Waals surface area contributed by atoms with Gasteiger partial charge in [-0.2, -0.15) is 5.10 Å². The molecule has 1 heterocycles. The summed E-state index contributed by atoms with van der Waals surface area (Å²) in [5.74, 6) is -0.105. The molecule has 0 saturated heterocycles. The van der Waals surface area contributed by atoms with Gasteiger partial charge >= 0.3 is 6.36 Å². The Labute approximate surface area is 172 Å². The van der Waals surface area contributed by atoms with Gasteiger partial charge in [0.05, 0.1) is 11.4 Å². The summed E-state index contributed by atoms with van der Waals surface area (Å²) in [6.45, 7) is 2.48. The number of aromatic nitrogens is 2. The number of rotatable bonds is 7. The quantitative estimate of drug-likeness (QED) is 0.339. The van der Waals surface area contributed by atoms with Crippen LogP contribution in [0.3, 0.4) is 0 Å². The van der Waals surface area contributed by atoms with Gasteiger partial charge in [-0.25, -0.2) is 4.68 Å². The Kier molecular flexibility index (Phi) is 6.61. The normalized spacial score (nSPS) is 12.1. The van der Waals surface area contributed by atoms with Crippen LogP contribution in [0.1, 0.15) is 17.7 Å². The molecule has 0 unspecified atom stereocenters. The second-order valence-electron chi connectivity index (χ2n) is 6.59. The maximum atomic E-state index is 12.2. The Balaban J connectivity index is 1.48. The van der Waals surface area contributed by atoms with Gasteiger partial charge in [0.25, 0.3) is 0 Å². The predicted molar refractivity (Wildman–Crippen MR) is 110 cm³/mol. The number of para-hydroxylation sites is 1. The number of ether oxygens (including phenoxy) is 1. The van der Waals surface area contributed by atoms with E-state index in [0.29, 0.717) is 12.2 Å². The first-order chi connectivity index (χ1) is 14.3. The minimum atomic E-state index is -4.72. The van der Waals surface area contributed by atoms with E-state index in [-0.39, 0.29) is 11.7 Å². The molecule has 0 aliphatic rings. The zero-order valence-corrected chi connectivity index (χ0v) is 16.4. The van der Waals surface area contributed by atoms with Gasteiger partial charge in [-0.3, -0.25) is 4.99 Å². The van der Waals surface area contributed by atoms with E-state index >= 15 is 0 Å². The molecule has 0 atom stereocenters. The van der Waals surface area contributed by atoms with Gasteiger partial charge in [0, 0.05) is 18.4 Å². The molecule has 0 bridgehead atoms. The molecule has 30 heavy (non-hydrogen) atoms. The predicted octanol–water partition coefficient (Wildman–Crippen LogP) is 4.44. The van der Waals surface area contributed by atoms with E-state index < -0.39 is 6.36 Å². The van der Waals surface area contributed by atoms with Crippen LogP contribution in [0.2, 0.25) is 0 Å². The Morgan fingerprint density at radius 2 is 1.83 bits per heavy atom. The highest BCUT2D eigenvalue weighted by Crippen LogP contribution is 2.23. The Morgan fingerprint density at radius 1 is 1.13 bits per heavy atom. The zero-order valence-electron chi connectivity index (χ0n) is 16.4. The van der Waals surface area contributed by atoms with E-state index in [1.807, 2.05) is 48.1 Å². The number of anilines is 1. The van der Waals surface area contributed by atoms with Crippen molar-refractivity contribution in [3.63, 3.8) is 0 Å². The van der Waals surface area contributed by atoms with E-state index in [0.717, 1.165) is 29.8 Å². The number of benzene rings is 2. The molecule has 0 saturated carbocycles. The first-order valence-corrected chi connectivity index (χ1v) is 9.33. The average molecular weight is 417 g/mol. The molecule has 0 radical (unpaired) electrons. The molecule has 3 N–H and O–H groups in total. The minimum Gasteiger partial charge on any atom is -0.406 e. The first-order valence-electron chi connectivity index (χ1n) is 9.33. The number of aryl methyl sites for hydroxylation is 2. The maximum Gasteiger partial charge on any atom is 0.573 e. The van der Waals surface area contributed by atoms with Crippen LogP contribution in [0.5, 0.6) is 5.75 Å². The molecule has 3 rings (SSSR count). The highest BCUT2D eigenvalue weighted by molar-refractivity contribution is 5.92. The molecule has 158 valence electrons. The fourth-order valence-electron chi connectivity index (χ4n) is 2.85. The Morgan fingerprint density at radius 3 is 2.50 bits per heavy atom. The first kappa shape index (κ1) is 21.2. The second-order valence-corrected chi connectivity index (χ2v) is 6.59. The number of alkyl halides is 3. The molecule has 0 aliphatic heterocycles. The van der Waals surface area contributed by atoms with Gasteiger partial charge in [-0.05, 0) is 61.7 Å². The lowest BCUT2D eigenvalue weighted by Crippen LogP contribution is -2.23. The summed E-state index contributed by atoms with van der Waals surface area (Å²) in [6, 6.07) is 15.2. The van der Waals surface area contributed by atoms with Crippen molar-refractivity contribution >= 4 is 11.6 Å². The number of guanidine groups is 1.